The summed E-state index contributed by atoms with van der Waals surface area (Å²) in [6, 6.07) is 10.6. The van der Waals surface area contributed by atoms with E-state index in [2.05, 4.69) is 10.6 Å². The lowest BCUT2D eigenvalue weighted by molar-refractivity contribution is -0.384. The number of nitrogens with zero attached hydrogens (tertiary/aromatic N) is 1. The van der Waals surface area contributed by atoms with Crippen molar-refractivity contribution in [2.24, 2.45) is 0 Å². The Labute approximate surface area is 136 Å². The van der Waals surface area contributed by atoms with Crippen LogP contribution < -0.4 is 10.6 Å². The van der Waals surface area contributed by atoms with E-state index in [4.69, 9.17) is 0 Å². The van der Waals surface area contributed by atoms with Crippen molar-refractivity contribution in [1.29, 1.82) is 0 Å². The van der Waals surface area contributed by atoms with Gasteiger partial charge in [0.25, 0.3) is 11.6 Å². The van der Waals surface area contributed by atoms with Crippen LogP contribution in [-0.2, 0) is 4.79 Å². The lowest BCUT2D eigenvalue weighted by Crippen LogP contribution is -2.27. The molecular weight excluding hydrogens is 317 g/mol. The Morgan fingerprint density at radius 3 is 2.46 bits per heavy atom. The van der Waals surface area contributed by atoms with Gasteiger partial charge in [-0.15, -0.1) is 0 Å². The second-order valence-electron chi connectivity index (χ2n) is 4.87. The molecule has 2 aromatic carbocycles. The van der Waals surface area contributed by atoms with Gasteiger partial charge in [0, 0.05) is 36.3 Å². The first-order valence-corrected chi connectivity index (χ1v) is 7.04. The first-order valence-electron chi connectivity index (χ1n) is 7.04. The van der Waals surface area contributed by atoms with Gasteiger partial charge in [-0.05, 0) is 30.3 Å². The van der Waals surface area contributed by atoms with Gasteiger partial charge in [-0.2, -0.15) is 0 Å². The van der Waals surface area contributed by atoms with Crippen molar-refractivity contribution in [3.63, 3.8) is 0 Å². The molecule has 2 aromatic rings. The van der Waals surface area contributed by atoms with Crippen LogP contribution in [0.2, 0.25) is 0 Å². The molecule has 0 bridgehead atoms. The number of non-ortho nitro benzene ring substituents is 1. The van der Waals surface area contributed by atoms with Crippen molar-refractivity contribution in [2.75, 3.05) is 11.9 Å². The second-order valence-corrected chi connectivity index (χ2v) is 4.87. The van der Waals surface area contributed by atoms with Crippen LogP contribution in [-0.4, -0.2) is 23.3 Å². The molecule has 24 heavy (non-hydrogen) atoms. The zero-order valence-corrected chi connectivity index (χ0v) is 12.5. The van der Waals surface area contributed by atoms with E-state index < -0.39 is 16.6 Å². The van der Waals surface area contributed by atoms with Crippen molar-refractivity contribution in [3.05, 3.63) is 70.0 Å². The van der Waals surface area contributed by atoms with Gasteiger partial charge >= 0.3 is 0 Å². The minimum Gasteiger partial charge on any atom is -0.352 e. The Hall–Kier alpha value is -3.29. The summed E-state index contributed by atoms with van der Waals surface area (Å²) in [6.45, 7) is 0.0803. The van der Waals surface area contributed by atoms with Crippen LogP contribution in [0, 0.1) is 15.9 Å². The molecule has 2 amide bonds. The molecule has 0 spiro atoms. The number of carbonyl (C=O) groups is 2. The predicted molar refractivity (Wildman–Crippen MR) is 85.1 cm³/mol. The molecule has 2 rings (SSSR count). The van der Waals surface area contributed by atoms with Gasteiger partial charge < -0.3 is 10.6 Å². The monoisotopic (exact) mass is 331 g/mol. The summed E-state index contributed by atoms with van der Waals surface area (Å²) in [5.41, 5.74) is 0.480. The van der Waals surface area contributed by atoms with Crippen molar-refractivity contribution in [3.8, 4) is 0 Å². The maximum absolute atomic E-state index is 13.0. The lowest BCUT2D eigenvalue weighted by atomic mass is 10.2. The van der Waals surface area contributed by atoms with Crippen LogP contribution in [0.5, 0.6) is 0 Å². The van der Waals surface area contributed by atoms with Crippen molar-refractivity contribution in [2.45, 2.75) is 6.42 Å². The third kappa shape index (κ3) is 4.87. The SMILES string of the molecule is O=C(CCNC(=O)c1ccc([N+](=O)[O-])cc1)Nc1cccc(F)c1. The van der Waals surface area contributed by atoms with Gasteiger partial charge in [0.1, 0.15) is 5.82 Å². The number of halogens is 1. The van der Waals surface area contributed by atoms with Gasteiger partial charge in [0.15, 0.2) is 0 Å². The molecular formula is C16H14FN3O4. The number of rotatable bonds is 6. The predicted octanol–water partition coefficient (Wildman–Crippen LogP) is 2.49. The molecule has 0 aromatic heterocycles. The van der Waals surface area contributed by atoms with Crippen LogP contribution in [0.15, 0.2) is 48.5 Å². The van der Waals surface area contributed by atoms with E-state index >= 15 is 0 Å². The number of nitro groups is 1. The Bertz CT molecular complexity index is 762. The molecule has 0 saturated heterocycles. The van der Waals surface area contributed by atoms with Crippen LogP contribution >= 0.6 is 0 Å². The van der Waals surface area contributed by atoms with Crippen molar-refractivity contribution < 1.29 is 18.9 Å². The summed E-state index contributed by atoms with van der Waals surface area (Å²) < 4.78 is 13.0. The third-order valence-corrected chi connectivity index (χ3v) is 3.09. The van der Waals surface area contributed by atoms with Gasteiger partial charge in [-0.1, -0.05) is 6.07 Å². The van der Waals surface area contributed by atoms with Gasteiger partial charge in [0.2, 0.25) is 5.91 Å². The summed E-state index contributed by atoms with van der Waals surface area (Å²) >= 11 is 0. The average Bonchev–Trinajstić information content (AvgIpc) is 2.54. The van der Waals surface area contributed by atoms with E-state index in [9.17, 15) is 24.1 Å². The highest BCUT2D eigenvalue weighted by Gasteiger charge is 2.10. The summed E-state index contributed by atoms with van der Waals surface area (Å²) in [5, 5.41) is 15.6. The Balaban J connectivity index is 1.79. The van der Waals surface area contributed by atoms with Gasteiger partial charge in [-0.3, -0.25) is 19.7 Å². The number of nitrogens with one attached hydrogen (secondary N) is 2. The molecule has 0 heterocycles. The van der Waals surface area contributed by atoms with E-state index in [1.165, 1.54) is 42.5 Å². The molecule has 7 nitrogen and oxygen atoms in total. The fourth-order valence-corrected chi connectivity index (χ4v) is 1.92. The van der Waals surface area contributed by atoms with Crippen molar-refractivity contribution >= 4 is 23.2 Å². The standard InChI is InChI=1S/C16H14FN3O4/c17-12-2-1-3-13(10-12)19-15(21)8-9-18-16(22)11-4-6-14(7-5-11)20(23)24/h1-7,10H,8-9H2,(H,18,22)(H,19,21). The molecule has 8 heteroatoms. The molecule has 0 aliphatic heterocycles. The summed E-state index contributed by atoms with van der Waals surface area (Å²) in [5.74, 6) is -1.27. The molecule has 0 saturated carbocycles. The smallest absolute Gasteiger partial charge is 0.269 e. The van der Waals surface area contributed by atoms with E-state index in [1.807, 2.05) is 0 Å². The number of hydrogen-bond acceptors (Lipinski definition) is 4. The highest BCUT2D eigenvalue weighted by atomic mass is 19.1. The highest BCUT2D eigenvalue weighted by molar-refractivity contribution is 5.95. The van der Waals surface area contributed by atoms with E-state index in [0.29, 0.717) is 5.69 Å². The lowest BCUT2D eigenvalue weighted by Gasteiger charge is -2.07. The molecule has 0 aliphatic carbocycles. The van der Waals surface area contributed by atoms with E-state index in [0.717, 1.165) is 0 Å². The fraction of sp³-hybridized carbons (Fsp3) is 0.125. The number of amides is 2. The maximum atomic E-state index is 13.0. The van der Waals surface area contributed by atoms with Crippen LogP contribution in [0.1, 0.15) is 16.8 Å². The van der Waals surface area contributed by atoms with Crippen LogP contribution in [0.3, 0.4) is 0 Å². The Morgan fingerprint density at radius 2 is 1.83 bits per heavy atom. The van der Waals surface area contributed by atoms with Crippen LogP contribution in [0.4, 0.5) is 15.8 Å². The van der Waals surface area contributed by atoms with E-state index in [1.54, 1.807) is 6.07 Å². The molecule has 0 fully saturated rings. The van der Waals surface area contributed by atoms with Gasteiger partial charge in [0.05, 0.1) is 4.92 Å². The first kappa shape index (κ1) is 17.1. The van der Waals surface area contributed by atoms with Crippen LogP contribution in [0.25, 0.3) is 0 Å². The summed E-state index contributed by atoms with van der Waals surface area (Å²) in [7, 11) is 0. The van der Waals surface area contributed by atoms with Crippen molar-refractivity contribution in [1.82, 2.24) is 5.32 Å². The minimum atomic E-state index is -0.557. The van der Waals surface area contributed by atoms with Gasteiger partial charge in [-0.25, -0.2) is 4.39 Å². The zero-order chi connectivity index (χ0) is 17.5. The molecule has 0 radical (unpaired) electrons. The Morgan fingerprint density at radius 1 is 1.12 bits per heavy atom. The zero-order valence-electron chi connectivity index (χ0n) is 12.5. The molecule has 0 unspecified atom stereocenters. The number of anilines is 1. The molecule has 124 valence electrons. The summed E-state index contributed by atoms with van der Waals surface area (Å²) in [6.07, 6.45) is 0.00916. The maximum Gasteiger partial charge on any atom is 0.269 e. The minimum absolute atomic E-state index is 0.00916. The Kier molecular flexibility index (Phi) is 5.56. The average molecular weight is 331 g/mol. The summed E-state index contributed by atoms with van der Waals surface area (Å²) in [4.78, 5) is 33.5. The molecule has 0 atom stereocenters. The number of nitro benzene ring substituents is 1. The fourth-order valence-electron chi connectivity index (χ4n) is 1.92. The topological polar surface area (TPSA) is 101 Å². The highest BCUT2D eigenvalue weighted by Crippen LogP contribution is 2.12. The normalized spacial score (nSPS) is 10.0. The number of benzene rings is 2. The quantitative estimate of drug-likeness (QED) is 0.627. The molecule has 2 N–H and O–H groups in total. The third-order valence-electron chi connectivity index (χ3n) is 3.09. The van der Waals surface area contributed by atoms with E-state index in [-0.39, 0.29) is 30.1 Å². The molecule has 0 aliphatic rings. The number of carbonyl (C=O) groups excluding carboxylic acids is 2. The largest absolute Gasteiger partial charge is 0.352 e. The second kappa shape index (κ2) is 7.82. The first-order chi connectivity index (χ1) is 11.5. The number of hydrogen-bond donors (Lipinski definition) is 2.